The van der Waals surface area contributed by atoms with E-state index in [1.54, 1.807) is 6.07 Å². The van der Waals surface area contributed by atoms with Crippen molar-refractivity contribution in [3.8, 4) is 17.5 Å². The average Bonchev–Trinajstić information content (AvgIpc) is 3.36. The molecule has 0 fully saturated rings. The van der Waals surface area contributed by atoms with Crippen LogP contribution in [0.2, 0.25) is 0 Å². The molecular weight excluding hydrogens is 498 g/mol. The number of hydrogen-bond acceptors (Lipinski definition) is 9. The fraction of sp³-hybridized carbons (Fsp3) is 0.483. The lowest BCUT2D eigenvalue weighted by molar-refractivity contribution is 0.0994. The van der Waals surface area contributed by atoms with E-state index in [4.69, 9.17) is 18.6 Å². The van der Waals surface area contributed by atoms with Gasteiger partial charge in [-0.2, -0.15) is 9.97 Å². The van der Waals surface area contributed by atoms with Crippen molar-refractivity contribution in [1.82, 2.24) is 14.9 Å². The van der Waals surface area contributed by atoms with E-state index in [1.165, 1.54) is 19.8 Å². The molecule has 1 aliphatic rings. The molecule has 1 aromatic carbocycles. The number of furan rings is 1. The molecule has 0 saturated heterocycles. The highest BCUT2D eigenvalue weighted by atomic mass is 16.5. The SMILES string of the molecule is COc1nc(NCCCN(C)C)nc(OC)c1NC(=O)c1ccc(Cc2cc3c(cc2C)OCCC3(C)C)o1. The molecular formula is C29H39N5O5. The van der Waals surface area contributed by atoms with Crippen LogP contribution >= 0.6 is 0 Å². The maximum atomic E-state index is 13.1. The minimum Gasteiger partial charge on any atom is -0.493 e. The van der Waals surface area contributed by atoms with E-state index in [0.29, 0.717) is 24.7 Å². The Bertz CT molecular complexity index is 1290. The average molecular weight is 538 g/mol. The molecule has 39 heavy (non-hydrogen) atoms. The van der Waals surface area contributed by atoms with Crippen molar-refractivity contribution in [2.45, 2.75) is 45.4 Å². The van der Waals surface area contributed by atoms with Gasteiger partial charge in [0.25, 0.3) is 5.91 Å². The van der Waals surface area contributed by atoms with Crippen molar-refractivity contribution in [2.75, 3.05) is 58.6 Å². The van der Waals surface area contributed by atoms with E-state index < -0.39 is 5.91 Å². The third-order valence-corrected chi connectivity index (χ3v) is 6.94. The van der Waals surface area contributed by atoms with Gasteiger partial charge in [-0.05, 0) is 75.1 Å². The quantitative estimate of drug-likeness (QED) is 0.337. The Morgan fingerprint density at radius 2 is 1.85 bits per heavy atom. The molecule has 3 heterocycles. The highest BCUT2D eigenvalue weighted by Crippen LogP contribution is 2.40. The maximum absolute atomic E-state index is 13.1. The fourth-order valence-electron chi connectivity index (χ4n) is 4.57. The zero-order chi connectivity index (χ0) is 28.2. The van der Waals surface area contributed by atoms with Crippen molar-refractivity contribution in [2.24, 2.45) is 0 Å². The van der Waals surface area contributed by atoms with Crippen molar-refractivity contribution in [1.29, 1.82) is 0 Å². The number of rotatable bonds is 11. The van der Waals surface area contributed by atoms with Crippen LogP contribution < -0.4 is 24.8 Å². The van der Waals surface area contributed by atoms with Gasteiger partial charge >= 0.3 is 0 Å². The molecule has 2 N–H and O–H groups in total. The third kappa shape index (κ3) is 6.62. The van der Waals surface area contributed by atoms with E-state index in [0.717, 1.165) is 42.9 Å². The van der Waals surface area contributed by atoms with E-state index in [9.17, 15) is 4.79 Å². The van der Waals surface area contributed by atoms with Crippen LogP contribution in [0.25, 0.3) is 0 Å². The van der Waals surface area contributed by atoms with E-state index in [-0.39, 0.29) is 28.6 Å². The lowest BCUT2D eigenvalue weighted by Gasteiger charge is -2.33. The summed E-state index contributed by atoms with van der Waals surface area (Å²) in [7, 11) is 7.00. The van der Waals surface area contributed by atoms with Gasteiger partial charge in [0, 0.05) is 18.5 Å². The molecule has 3 aromatic rings. The van der Waals surface area contributed by atoms with Gasteiger partial charge in [0.15, 0.2) is 11.4 Å². The number of anilines is 2. The first-order chi connectivity index (χ1) is 18.6. The first kappa shape index (κ1) is 28.2. The molecule has 0 bridgehead atoms. The predicted octanol–water partition coefficient (Wildman–Crippen LogP) is 4.66. The molecule has 10 nitrogen and oxygen atoms in total. The maximum Gasteiger partial charge on any atom is 0.291 e. The minimum atomic E-state index is -0.454. The monoisotopic (exact) mass is 537 g/mol. The van der Waals surface area contributed by atoms with E-state index in [2.05, 4.69) is 58.4 Å². The number of aryl methyl sites for hydroxylation is 1. The van der Waals surface area contributed by atoms with Crippen LogP contribution in [0.5, 0.6) is 17.5 Å². The van der Waals surface area contributed by atoms with Gasteiger partial charge in [-0.3, -0.25) is 4.79 Å². The van der Waals surface area contributed by atoms with Gasteiger partial charge in [-0.1, -0.05) is 19.9 Å². The van der Waals surface area contributed by atoms with Crippen LogP contribution in [-0.2, 0) is 11.8 Å². The number of methoxy groups -OCH3 is 2. The summed E-state index contributed by atoms with van der Waals surface area (Å²) in [5, 5.41) is 5.96. The van der Waals surface area contributed by atoms with Gasteiger partial charge in [0.05, 0.1) is 20.8 Å². The van der Waals surface area contributed by atoms with Crippen molar-refractivity contribution in [3.63, 3.8) is 0 Å². The lowest BCUT2D eigenvalue weighted by Crippen LogP contribution is -2.27. The lowest BCUT2D eigenvalue weighted by atomic mass is 9.78. The number of ether oxygens (including phenoxy) is 3. The standard InChI is InChI=1S/C29H39N5O5/c1-18-15-23-21(29(2,3)11-14-38-23)17-19(18)16-20-9-10-22(39-20)25(35)31-24-26(36-6)32-28(33-27(24)37-7)30-12-8-13-34(4)5/h9-10,15,17H,8,11-14,16H2,1-7H3,(H,31,35)(H,30,32,33). The minimum absolute atomic E-state index is 0.0434. The highest BCUT2D eigenvalue weighted by Gasteiger charge is 2.29. The van der Waals surface area contributed by atoms with Crippen LogP contribution in [0.3, 0.4) is 0 Å². The van der Waals surface area contributed by atoms with Crippen LogP contribution in [0, 0.1) is 6.92 Å². The molecule has 0 radical (unpaired) electrons. The summed E-state index contributed by atoms with van der Waals surface area (Å²) in [6, 6.07) is 7.78. The topological polar surface area (TPSA) is 111 Å². The fourth-order valence-corrected chi connectivity index (χ4v) is 4.57. The van der Waals surface area contributed by atoms with Crippen LogP contribution in [0.15, 0.2) is 28.7 Å². The molecule has 0 spiro atoms. The number of hydrogen-bond donors (Lipinski definition) is 2. The Balaban J connectivity index is 1.48. The largest absolute Gasteiger partial charge is 0.493 e. The Hall–Kier alpha value is -3.79. The van der Waals surface area contributed by atoms with Gasteiger partial charge < -0.3 is 34.2 Å². The molecule has 1 amide bonds. The molecule has 4 rings (SSSR count). The zero-order valence-electron chi connectivity index (χ0n) is 23.9. The second-order valence-electron chi connectivity index (χ2n) is 10.7. The molecule has 0 atom stereocenters. The summed E-state index contributed by atoms with van der Waals surface area (Å²) < 4.78 is 22.7. The first-order valence-corrected chi connectivity index (χ1v) is 13.2. The zero-order valence-corrected chi connectivity index (χ0v) is 23.9. The summed E-state index contributed by atoms with van der Waals surface area (Å²) in [5.41, 5.74) is 3.74. The van der Waals surface area contributed by atoms with E-state index >= 15 is 0 Å². The molecule has 210 valence electrons. The Morgan fingerprint density at radius 1 is 1.13 bits per heavy atom. The predicted molar refractivity (Wildman–Crippen MR) is 151 cm³/mol. The van der Waals surface area contributed by atoms with Gasteiger partial charge in [0.2, 0.25) is 17.7 Å². The second-order valence-corrected chi connectivity index (χ2v) is 10.7. The highest BCUT2D eigenvalue weighted by molar-refractivity contribution is 6.03. The Labute approximate surface area is 230 Å². The van der Waals surface area contributed by atoms with Crippen molar-refractivity contribution in [3.05, 3.63) is 52.5 Å². The number of amides is 1. The van der Waals surface area contributed by atoms with Crippen LogP contribution in [0.4, 0.5) is 11.6 Å². The van der Waals surface area contributed by atoms with Crippen molar-refractivity contribution >= 4 is 17.5 Å². The summed E-state index contributed by atoms with van der Waals surface area (Å²) in [4.78, 5) is 24.0. The smallest absolute Gasteiger partial charge is 0.291 e. The normalized spacial score (nSPS) is 13.9. The number of nitrogens with zero attached hydrogens (tertiary/aromatic N) is 3. The number of carbonyl (C=O) groups excluding carboxylic acids is 1. The third-order valence-electron chi connectivity index (χ3n) is 6.94. The molecule has 0 aliphatic carbocycles. The molecule has 1 aliphatic heterocycles. The molecule has 10 heteroatoms. The number of carbonyl (C=O) groups is 1. The van der Waals surface area contributed by atoms with Gasteiger partial charge in [-0.15, -0.1) is 0 Å². The van der Waals surface area contributed by atoms with Crippen molar-refractivity contribution < 1.29 is 23.4 Å². The molecule has 2 aromatic heterocycles. The Kier molecular flexibility index (Phi) is 8.64. The van der Waals surface area contributed by atoms with Gasteiger partial charge in [-0.25, -0.2) is 0 Å². The number of aromatic nitrogens is 2. The van der Waals surface area contributed by atoms with E-state index in [1.807, 2.05) is 20.2 Å². The van der Waals surface area contributed by atoms with Crippen LogP contribution in [-0.4, -0.2) is 68.8 Å². The number of fused-ring (bicyclic) bond motifs is 1. The number of nitrogens with one attached hydrogen (secondary N) is 2. The van der Waals surface area contributed by atoms with Gasteiger partial charge in [0.1, 0.15) is 11.5 Å². The number of benzene rings is 1. The summed E-state index contributed by atoms with van der Waals surface area (Å²) in [6.45, 7) is 8.88. The summed E-state index contributed by atoms with van der Waals surface area (Å²) in [5.74, 6) is 2.08. The first-order valence-electron chi connectivity index (χ1n) is 13.2. The second kappa shape index (κ2) is 11.9. The van der Waals surface area contributed by atoms with Crippen LogP contribution in [0.1, 0.15) is 59.7 Å². The summed E-state index contributed by atoms with van der Waals surface area (Å²) in [6.07, 6.45) is 2.45. The molecule has 0 unspecified atom stereocenters. The summed E-state index contributed by atoms with van der Waals surface area (Å²) >= 11 is 0. The molecule has 0 saturated carbocycles. The Morgan fingerprint density at radius 3 is 2.51 bits per heavy atom.